The summed E-state index contributed by atoms with van der Waals surface area (Å²) in [6, 6.07) is 3.50. The molecule has 0 aliphatic carbocycles. The van der Waals surface area contributed by atoms with E-state index in [-0.39, 0.29) is 13.1 Å². The van der Waals surface area contributed by atoms with Crippen LogP contribution < -0.4 is 9.03 Å². The first-order chi connectivity index (χ1) is 10.4. The van der Waals surface area contributed by atoms with Crippen LogP contribution in [0.25, 0.3) is 0 Å². The van der Waals surface area contributed by atoms with E-state index in [1.807, 2.05) is 13.0 Å². The third-order valence-corrected chi connectivity index (χ3v) is 6.11. The molecule has 0 heterocycles. The van der Waals surface area contributed by atoms with Gasteiger partial charge in [-0.3, -0.25) is 4.31 Å². The molecule has 23 heavy (non-hydrogen) atoms. The van der Waals surface area contributed by atoms with Crippen LogP contribution in [0.3, 0.4) is 0 Å². The van der Waals surface area contributed by atoms with E-state index in [2.05, 4.69) is 4.72 Å². The number of benzene rings is 1. The molecule has 0 saturated heterocycles. The Balaban J connectivity index is 3.10. The molecule has 0 amide bonds. The number of hydrogen-bond acceptors (Lipinski definition) is 4. The van der Waals surface area contributed by atoms with Gasteiger partial charge in [-0.25, -0.2) is 13.1 Å². The molecule has 0 atom stereocenters. The first kappa shape index (κ1) is 20.2. The van der Waals surface area contributed by atoms with Gasteiger partial charge in [-0.05, 0) is 31.0 Å². The smallest absolute Gasteiger partial charge is 0.267 e. The summed E-state index contributed by atoms with van der Waals surface area (Å²) in [5, 5.41) is 0.309. The Morgan fingerprint density at radius 3 is 2.13 bits per heavy atom. The minimum absolute atomic E-state index is 0.0600. The maximum atomic E-state index is 12.1. The van der Waals surface area contributed by atoms with Gasteiger partial charge in [-0.1, -0.05) is 17.7 Å². The summed E-state index contributed by atoms with van der Waals surface area (Å²) in [4.78, 5) is 0. The van der Waals surface area contributed by atoms with Crippen molar-refractivity contribution in [2.24, 2.45) is 0 Å². The Morgan fingerprint density at radius 1 is 1.13 bits per heavy atom. The van der Waals surface area contributed by atoms with Crippen molar-refractivity contribution in [1.29, 1.82) is 0 Å². The number of halogens is 1. The summed E-state index contributed by atoms with van der Waals surface area (Å²) in [5.41, 5.74) is 1.98. The van der Waals surface area contributed by atoms with Gasteiger partial charge in [0, 0.05) is 27.2 Å². The number of nitrogens with zero attached hydrogens (tertiary/aromatic N) is 2. The molecular weight excluding hydrogens is 362 g/mol. The average Bonchev–Trinajstić information content (AvgIpc) is 2.34. The summed E-state index contributed by atoms with van der Waals surface area (Å²) in [6.45, 7) is 3.49. The highest BCUT2D eigenvalue weighted by molar-refractivity contribution is 7.92. The van der Waals surface area contributed by atoms with Crippen LogP contribution in [0.1, 0.15) is 11.1 Å². The zero-order chi connectivity index (χ0) is 18.0. The molecule has 1 aromatic carbocycles. The lowest BCUT2D eigenvalue weighted by molar-refractivity contribution is 0.506. The van der Waals surface area contributed by atoms with E-state index in [1.165, 1.54) is 14.1 Å². The van der Waals surface area contributed by atoms with E-state index in [9.17, 15) is 16.8 Å². The van der Waals surface area contributed by atoms with Crippen LogP contribution in [0.4, 0.5) is 5.69 Å². The molecule has 1 rings (SSSR count). The first-order valence-corrected chi connectivity index (χ1v) is 10.4. The zero-order valence-electron chi connectivity index (χ0n) is 13.8. The molecule has 10 heteroatoms. The lowest BCUT2D eigenvalue weighted by atomic mass is 10.1. The predicted molar refractivity (Wildman–Crippen MR) is 93.7 cm³/mol. The van der Waals surface area contributed by atoms with Crippen molar-refractivity contribution in [3.8, 4) is 0 Å². The first-order valence-electron chi connectivity index (χ1n) is 6.78. The topological polar surface area (TPSA) is 86.8 Å². The van der Waals surface area contributed by atoms with E-state index in [1.54, 1.807) is 13.0 Å². The van der Waals surface area contributed by atoms with Gasteiger partial charge in [0.1, 0.15) is 0 Å². The van der Waals surface area contributed by atoms with E-state index in [0.29, 0.717) is 16.3 Å². The molecule has 0 radical (unpaired) electrons. The minimum atomic E-state index is -3.62. The van der Waals surface area contributed by atoms with Crippen molar-refractivity contribution in [3.05, 3.63) is 28.3 Å². The van der Waals surface area contributed by atoms with Gasteiger partial charge in [0.25, 0.3) is 10.2 Å². The second kappa shape index (κ2) is 7.35. The molecule has 0 aromatic heterocycles. The van der Waals surface area contributed by atoms with Crippen LogP contribution in [0.2, 0.25) is 5.02 Å². The molecule has 1 aromatic rings. The minimum Gasteiger partial charge on any atom is -0.267 e. The van der Waals surface area contributed by atoms with Crippen LogP contribution >= 0.6 is 11.6 Å². The van der Waals surface area contributed by atoms with E-state index in [0.717, 1.165) is 20.4 Å². The van der Waals surface area contributed by atoms with Gasteiger partial charge in [0.05, 0.1) is 17.0 Å². The van der Waals surface area contributed by atoms with Crippen molar-refractivity contribution in [2.75, 3.05) is 37.7 Å². The van der Waals surface area contributed by atoms with Crippen molar-refractivity contribution in [1.82, 2.24) is 9.03 Å². The van der Waals surface area contributed by atoms with Crippen LogP contribution in [0, 0.1) is 13.8 Å². The molecule has 132 valence electrons. The van der Waals surface area contributed by atoms with Gasteiger partial charge >= 0.3 is 0 Å². The Labute approximate surface area is 143 Å². The maximum absolute atomic E-state index is 12.1. The fraction of sp³-hybridized carbons (Fsp3) is 0.538. The lowest BCUT2D eigenvalue weighted by Crippen LogP contribution is -2.42. The molecule has 0 aliphatic heterocycles. The van der Waals surface area contributed by atoms with Crippen molar-refractivity contribution < 1.29 is 16.8 Å². The Hall–Kier alpha value is -0.870. The highest BCUT2D eigenvalue weighted by Crippen LogP contribution is 2.32. The van der Waals surface area contributed by atoms with Gasteiger partial charge < -0.3 is 0 Å². The standard InChI is InChI=1S/C13H22ClN3O4S2/c1-10-8-11(2)13(12(14)9-10)17(22(5,18)19)7-6-15-23(20,21)16(3)4/h8-9,15H,6-7H2,1-5H3. The number of hydrogen-bond donors (Lipinski definition) is 1. The number of sulfonamides is 1. The molecule has 0 bridgehead atoms. The largest absolute Gasteiger partial charge is 0.278 e. The molecule has 1 N–H and O–H groups in total. The SMILES string of the molecule is Cc1cc(C)c(N(CCNS(=O)(=O)N(C)C)S(C)(=O)=O)c(Cl)c1. The maximum Gasteiger partial charge on any atom is 0.278 e. The second-order valence-electron chi connectivity index (χ2n) is 5.43. The van der Waals surface area contributed by atoms with Gasteiger partial charge in [-0.15, -0.1) is 0 Å². The summed E-state index contributed by atoms with van der Waals surface area (Å²) in [6.07, 6.45) is 1.06. The summed E-state index contributed by atoms with van der Waals surface area (Å²) >= 11 is 6.20. The molecule has 0 fully saturated rings. The van der Waals surface area contributed by atoms with E-state index < -0.39 is 20.2 Å². The number of nitrogens with one attached hydrogen (secondary N) is 1. The molecule has 0 saturated carbocycles. The van der Waals surface area contributed by atoms with Gasteiger partial charge in [0.15, 0.2) is 0 Å². The molecule has 0 unspecified atom stereocenters. The van der Waals surface area contributed by atoms with Gasteiger partial charge in [0.2, 0.25) is 10.0 Å². The molecule has 0 aliphatic rings. The fourth-order valence-electron chi connectivity index (χ4n) is 2.07. The molecular formula is C13H22ClN3O4S2. The van der Waals surface area contributed by atoms with Crippen LogP contribution in [0.15, 0.2) is 12.1 Å². The van der Waals surface area contributed by atoms with E-state index in [4.69, 9.17) is 11.6 Å². The third kappa shape index (κ3) is 5.32. The van der Waals surface area contributed by atoms with Crippen LogP contribution in [-0.2, 0) is 20.2 Å². The Morgan fingerprint density at radius 2 is 1.70 bits per heavy atom. The van der Waals surface area contributed by atoms with Crippen LogP contribution in [-0.4, -0.2) is 54.6 Å². The quantitative estimate of drug-likeness (QED) is 0.764. The normalized spacial score (nSPS) is 12.7. The van der Waals surface area contributed by atoms with Crippen molar-refractivity contribution in [2.45, 2.75) is 13.8 Å². The monoisotopic (exact) mass is 383 g/mol. The highest BCUT2D eigenvalue weighted by atomic mass is 35.5. The molecule has 7 nitrogen and oxygen atoms in total. The number of anilines is 1. The second-order valence-corrected chi connectivity index (χ2v) is 9.71. The summed E-state index contributed by atoms with van der Waals surface area (Å²) < 4.78 is 52.0. The third-order valence-electron chi connectivity index (χ3n) is 3.13. The fourth-order valence-corrected chi connectivity index (χ4v) is 4.15. The van der Waals surface area contributed by atoms with Crippen molar-refractivity contribution >= 4 is 37.5 Å². The number of rotatable bonds is 7. The highest BCUT2D eigenvalue weighted by Gasteiger charge is 2.23. The summed E-state index contributed by atoms with van der Waals surface area (Å²) in [5.74, 6) is 0. The molecule has 0 spiro atoms. The van der Waals surface area contributed by atoms with Crippen LogP contribution in [0.5, 0.6) is 0 Å². The number of aryl methyl sites for hydroxylation is 2. The Bertz CT molecular complexity index is 753. The van der Waals surface area contributed by atoms with Gasteiger partial charge in [-0.2, -0.15) is 12.7 Å². The predicted octanol–water partition coefficient (Wildman–Crippen LogP) is 1.12. The lowest BCUT2D eigenvalue weighted by Gasteiger charge is -2.26. The Kier molecular flexibility index (Phi) is 6.45. The van der Waals surface area contributed by atoms with Crippen molar-refractivity contribution in [3.63, 3.8) is 0 Å². The summed E-state index contributed by atoms with van der Waals surface area (Å²) in [7, 11) is -4.46. The zero-order valence-corrected chi connectivity index (χ0v) is 16.2. The average molecular weight is 384 g/mol. The van der Waals surface area contributed by atoms with E-state index >= 15 is 0 Å².